The maximum atomic E-state index is 12.4. The zero-order valence-corrected chi connectivity index (χ0v) is 18.4. The molecule has 3 heterocycles. The van der Waals surface area contributed by atoms with E-state index in [1.54, 1.807) is 24.8 Å². The first-order chi connectivity index (χ1) is 16.1. The van der Waals surface area contributed by atoms with Crippen LogP contribution in [0.2, 0.25) is 0 Å². The lowest BCUT2D eigenvalue weighted by molar-refractivity contribution is 0.379. The normalized spacial score (nSPS) is 10.6. The Kier molecular flexibility index (Phi) is 6.89. The molecular formula is C24H24N6O3. The first-order valence-electron chi connectivity index (χ1n) is 10.5. The minimum atomic E-state index is -0.200. The summed E-state index contributed by atoms with van der Waals surface area (Å²) in [6.45, 7) is 2.60. The summed E-state index contributed by atoms with van der Waals surface area (Å²) in [5, 5.41) is 3.15. The average molecular weight is 444 g/mol. The van der Waals surface area contributed by atoms with E-state index in [9.17, 15) is 4.79 Å². The van der Waals surface area contributed by atoms with E-state index in [-0.39, 0.29) is 11.6 Å². The number of hydrogen-bond acceptors (Lipinski definition) is 8. The smallest absolute Gasteiger partial charge is 0.316 e. The van der Waals surface area contributed by atoms with Gasteiger partial charge in [-0.2, -0.15) is 0 Å². The highest BCUT2D eigenvalue weighted by atomic mass is 16.5. The minimum Gasteiger partial charge on any atom is -0.467 e. The van der Waals surface area contributed by atoms with Crippen LogP contribution in [0.4, 0.5) is 5.95 Å². The number of aromatic nitrogens is 5. The molecule has 0 fully saturated rings. The van der Waals surface area contributed by atoms with Gasteiger partial charge >= 0.3 is 6.01 Å². The Balaban J connectivity index is 1.28. The summed E-state index contributed by atoms with van der Waals surface area (Å²) in [7, 11) is 1.50. The van der Waals surface area contributed by atoms with Gasteiger partial charge in [0.05, 0.1) is 7.11 Å². The summed E-state index contributed by atoms with van der Waals surface area (Å²) in [6.07, 6.45) is 7.75. The number of methoxy groups -OCH3 is 1. The molecule has 0 aliphatic heterocycles. The van der Waals surface area contributed by atoms with Crippen molar-refractivity contribution in [3.05, 3.63) is 93.8 Å². The van der Waals surface area contributed by atoms with Gasteiger partial charge in [-0.3, -0.25) is 9.78 Å². The molecule has 9 nitrogen and oxygen atoms in total. The largest absolute Gasteiger partial charge is 0.467 e. The van der Waals surface area contributed by atoms with Crippen molar-refractivity contribution in [1.82, 2.24) is 24.9 Å². The number of nitrogens with zero attached hydrogens (tertiary/aromatic N) is 4. The zero-order valence-electron chi connectivity index (χ0n) is 18.4. The molecule has 4 rings (SSSR count). The molecule has 0 bridgehead atoms. The Morgan fingerprint density at radius 1 is 0.909 bits per heavy atom. The van der Waals surface area contributed by atoms with Crippen LogP contribution in [-0.4, -0.2) is 38.6 Å². The monoisotopic (exact) mass is 444 g/mol. The fourth-order valence-electron chi connectivity index (χ4n) is 3.08. The number of hydrogen-bond donors (Lipinski definition) is 2. The number of rotatable bonds is 9. The molecule has 168 valence electrons. The van der Waals surface area contributed by atoms with E-state index >= 15 is 0 Å². The van der Waals surface area contributed by atoms with Gasteiger partial charge in [-0.25, -0.2) is 19.9 Å². The third kappa shape index (κ3) is 6.13. The number of nitrogens with one attached hydrogen (secondary N) is 2. The molecule has 0 unspecified atom stereocenters. The second kappa shape index (κ2) is 10.4. The standard InChI is InChI=1S/C24H24N6O3/c1-16-3-8-21(26-12-16)33-20-6-4-17(5-7-20)9-10-25-23-27-15-19(22(31)30-23)11-18-13-28-24(32-2)29-14-18/h3-8,12-15H,9-11H2,1-2H3,(H2,25,27,30,31). The maximum absolute atomic E-state index is 12.4. The van der Waals surface area contributed by atoms with Gasteiger partial charge in [0, 0.05) is 49.4 Å². The fourth-order valence-corrected chi connectivity index (χ4v) is 3.08. The van der Waals surface area contributed by atoms with Crippen LogP contribution in [0.15, 0.2) is 66.0 Å². The van der Waals surface area contributed by atoms with E-state index in [1.165, 1.54) is 7.11 Å². The van der Waals surface area contributed by atoms with Crippen molar-refractivity contribution in [2.75, 3.05) is 19.0 Å². The van der Waals surface area contributed by atoms with E-state index in [0.29, 0.717) is 30.4 Å². The predicted octanol–water partition coefficient (Wildman–Crippen LogP) is 3.31. The fraction of sp³-hybridized carbons (Fsp3) is 0.208. The second-order valence-electron chi connectivity index (χ2n) is 7.44. The molecule has 2 N–H and O–H groups in total. The van der Waals surface area contributed by atoms with Crippen molar-refractivity contribution in [3.63, 3.8) is 0 Å². The summed E-state index contributed by atoms with van der Waals surface area (Å²) in [6, 6.07) is 11.9. The van der Waals surface area contributed by atoms with E-state index < -0.39 is 0 Å². The van der Waals surface area contributed by atoms with Crippen LogP contribution in [0.25, 0.3) is 0 Å². The number of ether oxygens (including phenoxy) is 2. The predicted molar refractivity (Wildman–Crippen MR) is 124 cm³/mol. The molecular weight excluding hydrogens is 420 g/mol. The quantitative estimate of drug-likeness (QED) is 0.404. The van der Waals surface area contributed by atoms with Gasteiger partial charge in [-0.1, -0.05) is 18.2 Å². The van der Waals surface area contributed by atoms with Crippen LogP contribution in [0.1, 0.15) is 22.3 Å². The topological polar surface area (TPSA) is 115 Å². The molecule has 3 aromatic heterocycles. The van der Waals surface area contributed by atoms with Crippen LogP contribution in [0.3, 0.4) is 0 Å². The van der Waals surface area contributed by atoms with Crippen molar-refractivity contribution in [3.8, 4) is 17.6 Å². The molecule has 1 aromatic carbocycles. The van der Waals surface area contributed by atoms with E-state index in [0.717, 1.165) is 28.9 Å². The molecule has 0 saturated carbocycles. The van der Waals surface area contributed by atoms with Gasteiger partial charge in [-0.15, -0.1) is 0 Å². The number of aryl methyl sites for hydroxylation is 1. The Hall–Kier alpha value is -4.27. The lowest BCUT2D eigenvalue weighted by Gasteiger charge is -2.08. The Morgan fingerprint density at radius 3 is 2.36 bits per heavy atom. The van der Waals surface area contributed by atoms with Crippen molar-refractivity contribution in [2.45, 2.75) is 19.8 Å². The lowest BCUT2D eigenvalue weighted by Crippen LogP contribution is -2.18. The molecule has 9 heteroatoms. The Morgan fingerprint density at radius 2 is 1.70 bits per heavy atom. The van der Waals surface area contributed by atoms with Gasteiger partial charge in [-0.05, 0) is 42.2 Å². The van der Waals surface area contributed by atoms with Crippen molar-refractivity contribution in [1.29, 1.82) is 0 Å². The van der Waals surface area contributed by atoms with E-state index in [1.807, 2.05) is 43.3 Å². The highest BCUT2D eigenvalue weighted by molar-refractivity contribution is 5.32. The number of aromatic amines is 1. The van der Waals surface area contributed by atoms with Gasteiger partial charge in [0.2, 0.25) is 11.8 Å². The van der Waals surface area contributed by atoms with E-state index in [2.05, 4.69) is 30.2 Å². The SMILES string of the molecule is COc1ncc(Cc2cnc(NCCc3ccc(Oc4ccc(C)cn4)cc3)[nH]c2=O)cn1. The molecule has 33 heavy (non-hydrogen) atoms. The minimum absolute atomic E-state index is 0.200. The molecule has 0 amide bonds. The van der Waals surface area contributed by atoms with Gasteiger partial charge in [0.25, 0.3) is 5.56 Å². The summed E-state index contributed by atoms with van der Waals surface area (Å²) in [5.74, 6) is 1.72. The maximum Gasteiger partial charge on any atom is 0.316 e. The summed E-state index contributed by atoms with van der Waals surface area (Å²) in [5.41, 5.74) is 3.35. The molecule has 0 spiro atoms. The van der Waals surface area contributed by atoms with Gasteiger partial charge in [0.15, 0.2) is 0 Å². The first kappa shape index (κ1) is 21.9. The molecule has 0 aliphatic carbocycles. The van der Waals surface area contributed by atoms with Crippen LogP contribution >= 0.6 is 0 Å². The number of H-pyrrole nitrogens is 1. The van der Waals surface area contributed by atoms with Gasteiger partial charge < -0.3 is 14.8 Å². The van der Waals surface area contributed by atoms with Crippen LogP contribution in [0, 0.1) is 6.92 Å². The highest BCUT2D eigenvalue weighted by Gasteiger charge is 2.06. The average Bonchev–Trinajstić information content (AvgIpc) is 2.84. The third-order valence-corrected chi connectivity index (χ3v) is 4.87. The van der Waals surface area contributed by atoms with Crippen LogP contribution in [-0.2, 0) is 12.8 Å². The summed E-state index contributed by atoms with van der Waals surface area (Å²) in [4.78, 5) is 31.8. The Labute approximate surface area is 190 Å². The van der Waals surface area contributed by atoms with Crippen LogP contribution in [0.5, 0.6) is 17.6 Å². The second-order valence-corrected chi connectivity index (χ2v) is 7.44. The Bertz CT molecular complexity index is 1240. The molecule has 0 atom stereocenters. The zero-order chi connectivity index (χ0) is 23.0. The lowest BCUT2D eigenvalue weighted by atomic mass is 10.1. The molecule has 0 radical (unpaired) electrons. The first-order valence-corrected chi connectivity index (χ1v) is 10.5. The number of benzene rings is 1. The van der Waals surface area contributed by atoms with E-state index in [4.69, 9.17) is 9.47 Å². The molecule has 0 saturated heterocycles. The summed E-state index contributed by atoms with van der Waals surface area (Å²) >= 11 is 0. The molecule has 4 aromatic rings. The highest BCUT2D eigenvalue weighted by Crippen LogP contribution is 2.20. The van der Waals surface area contributed by atoms with Crippen LogP contribution < -0.4 is 20.3 Å². The summed E-state index contributed by atoms with van der Waals surface area (Å²) < 4.78 is 10.7. The van der Waals surface area contributed by atoms with Gasteiger partial charge in [0.1, 0.15) is 5.75 Å². The number of anilines is 1. The third-order valence-electron chi connectivity index (χ3n) is 4.87. The number of pyridine rings is 1. The van der Waals surface area contributed by atoms with Crippen molar-refractivity contribution in [2.24, 2.45) is 0 Å². The van der Waals surface area contributed by atoms with Crippen molar-refractivity contribution < 1.29 is 9.47 Å². The molecule has 0 aliphatic rings. The van der Waals surface area contributed by atoms with Crippen molar-refractivity contribution >= 4 is 5.95 Å².